The van der Waals surface area contributed by atoms with Crippen molar-refractivity contribution in [3.05, 3.63) is 29.8 Å². The van der Waals surface area contributed by atoms with E-state index >= 15 is 0 Å². The first kappa shape index (κ1) is 13.7. The van der Waals surface area contributed by atoms with Gasteiger partial charge in [0.1, 0.15) is 0 Å². The van der Waals surface area contributed by atoms with E-state index in [1.54, 1.807) is 14.0 Å². The number of nitrogens with zero attached hydrogens (tertiary/aromatic N) is 1. The fraction of sp³-hybridized carbons (Fsp3) is 0.500. The average molecular weight is 235 g/mol. The third-order valence-electron chi connectivity index (χ3n) is 2.77. The van der Waals surface area contributed by atoms with Crippen LogP contribution in [0.25, 0.3) is 0 Å². The van der Waals surface area contributed by atoms with Crippen molar-refractivity contribution >= 4 is 11.5 Å². The zero-order valence-corrected chi connectivity index (χ0v) is 11.1. The van der Waals surface area contributed by atoms with Crippen molar-refractivity contribution in [2.75, 3.05) is 25.2 Å². The Labute approximate surface area is 103 Å². The van der Waals surface area contributed by atoms with Gasteiger partial charge >= 0.3 is 0 Å². The fourth-order valence-corrected chi connectivity index (χ4v) is 1.76. The van der Waals surface area contributed by atoms with E-state index in [2.05, 4.69) is 18.7 Å². The molecule has 0 aromatic heterocycles. The molecule has 3 nitrogen and oxygen atoms in total. The molecule has 0 aliphatic heterocycles. The zero-order chi connectivity index (χ0) is 12.8. The lowest BCUT2D eigenvalue weighted by Gasteiger charge is -2.28. The summed E-state index contributed by atoms with van der Waals surface area (Å²) in [5.41, 5.74) is 1.88. The smallest absolute Gasteiger partial charge is 0.159 e. The lowest BCUT2D eigenvalue weighted by molar-refractivity contribution is 0.101. The highest BCUT2D eigenvalue weighted by Crippen LogP contribution is 2.18. The molecule has 0 saturated carbocycles. The summed E-state index contributed by atoms with van der Waals surface area (Å²) in [6.07, 6.45) is 0. The Morgan fingerprint density at radius 1 is 1.29 bits per heavy atom. The van der Waals surface area contributed by atoms with E-state index in [9.17, 15) is 4.79 Å². The van der Waals surface area contributed by atoms with Gasteiger partial charge in [-0.05, 0) is 45.0 Å². The second-order valence-corrected chi connectivity index (χ2v) is 4.38. The van der Waals surface area contributed by atoms with Crippen molar-refractivity contribution in [1.29, 1.82) is 0 Å². The summed E-state index contributed by atoms with van der Waals surface area (Å²) in [6, 6.07) is 8.15. The van der Waals surface area contributed by atoms with Crippen LogP contribution >= 0.6 is 0 Å². The Hall–Kier alpha value is -1.35. The summed E-state index contributed by atoms with van der Waals surface area (Å²) in [5, 5.41) is 0. The molecule has 0 aliphatic carbocycles. The van der Waals surface area contributed by atoms with Crippen LogP contribution in [0.3, 0.4) is 0 Å². The van der Waals surface area contributed by atoms with Crippen molar-refractivity contribution in [2.45, 2.75) is 26.8 Å². The molecule has 1 aromatic carbocycles. The summed E-state index contributed by atoms with van der Waals surface area (Å²) >= 11 is 0. The van der Waals surface area contributed by atoms with Crippen molar-refractivity contribution in [3.63, 3.8) is 0 Å². The lowest BCUT2D eigenvalue weighted by atomic mass is 10.1. The van der Waals surface area contributed by atoms with Crippen LogP contribution in [0.5, 0.6) is 0 Å². The number of rotatable bonds is 6. The van der Waals surface area contributed by atoms with E-state index in [4.69, 9.17) is 4.74 Å². The molecule has 0 N–H and O–H groups in total. The molecule has 0 amide bonds. The van der Waals surface area contributed by atoms with Gasteiger partial charge in [-0.3, -0.25) is 4.79 Å². The monoisotopic (exact) mass is 235 g/mol. The highest BCUT2D eigenvalue weighted by Gasteiger charge is 2.10. The molecule has 0 unspecified atom stereocenters. The number of benzene rings is 1. The number of methoxy groups -OCH3 is 1. The van der Waals surface area contributed by atoms with Gasteiger partial charge in [-0.2, -0.15) is 0 Å². The highest BCUT2D eigenvalue weighted by atomic mass is 16.5. The minimum Gasteiger partial charge on any atom is -0.383 e. The number of Topliss-reactive ketones (excluding diaryl/α,β-unsaturated/α-hetero) is 1. The van der Waals surface area contributed by atoms with E-state index in [1.165, 1.54) is 0 Å². The average Bonchev–Trinajstić information content (AvgIpc) is 2.29. The van der Waals surface area contributed by atoms with Gasteiger partial charge in [0, 0.05) is 30.9 Å². The summed E-state index contributed by atoms with van der Waals surface area (Å²) < 4.78 is 5.11. The second-order valence-electron chi connectivity index (χ2n) is 4.38. The number of carbonyl (C=O) groups is 1. The van der Waals surface area contributed by atoms with E-state index in [-0.39, 0.29) is 5.78 Å². The molecule has 0 aliphatic rings. The van der Waals surface area contributed by atoms with Gasteiger partial charge in [0.15, 0.2) is 5.78 Å². The molecule has 0 spiro atoms. The molecular formula is C14H21NO2. The van der Waals surface area contributed by atoms with Gasteiger partial charge < -0.3 is 9.64 Å². The van der Waals surface area contributed by atoms with Crippen molar-refractivity contribution in [1.82, 2.24) is 0 Å². The summed E-state index contributed by atoms with van der Waals surface area (Å²) in [6.45, 7) is 7.43. The molecule has 0 fully saturated rings. The number of ether oxygens (including phenoxy) is 1. The largest absolute Gasteiger partial charge is 0.383 e. The summed E-state index contributed by atoms with van der Waals surface area (Å²) in [4.78, 5) is 13.5. The van der Waals surface area contributed by atoms with Crippen molar-refractivity contribution < 1.29 is 9.53 Å². The van der Waals surface area contributed by atoms with E-state index in [0.717, 1.165) is 17.8 Å². The molecule has 1 rings (SSSR count). The molecule has 0 saturated heterocycles. The molecule has 3 heteroatoms. The summed E-state index contributed by atoms with van der Waals surface area (Å²) in [5.74, 6) is 0.101. The van der Waals surface area contributed by atoms with Crippen LogP contribution in [0.2, 0.25) is 0 Å². The Kier molecular flexibility index (Phi) is 5.16. The Morgan fingerprint density at radius 3 is 2.29 bits per heavy atom. The van der Waals surface area contributed by atoms with Crippen LogP contribution in [0.1, 0.15) is 31.1 Å². The number of carbonyl (C=O) groups excluding carboxylic acids is 1. The second kappa shape index (κ2) is 6.40. The van der Waals surface area contributed by atoms with Gasteiger partial charge in [0.2, 0.25) is 0 Å². The maximum absolute atomic E-state index is 11.2. The van der Waals surface area contributed by atoms with Gasteiger partial charge in [-0.25, -0.2) is 0 Å². The van der Waals surface area contributed by atoms with Crippen LogP contribution in [0.4, 0.5) is 5.69 Å². The topological polar surface area (TPSA) is 29.5 Å². The van der Waals surface area contributed by atoms with Crippen LogP contribution in [0, 0.1) is 0 Å². The third kappa shape index (κ3) is 3.86. The maximum Gasteiger partial charge on any atom is 0.159 e. The molecule has 94 valence electrons. The Morgan fingerprint density at radius 2 is 1.88 bits per heavy atom. The first-order valence-corrected chi connectivity index (χ1v) is 5.93. The Bertz CT molecular complexity index is 357. The SMILES string of the molecule is COCCN(c1ccc(C(C)=O)cc1)C(C)C. The summed E-state index contributed by atoms with van der Waals surface area (Å²) in [7, 11) is 1.71. The van der Waals surface area contributed by atoms with Crippen LogP contribution in [-0.4, -0.2) is 32.1 Å². The molecule has 0 radical (unpaired) electrons. The minimum absolute atomic E-state index is 0.101. The van der Waals surface area contributed by atoms with Gasteiger partial charge in [0.05, 0.1) is 6.61 Å². The van der Waals surface area contributed by atoms with Crippen molar-refractivity contribution in [3.8, 4) is 0 Å². The minimum atomic E-state index is 0.101. The fourth-order valence-electron chi connectivity index (χ4n) is 1.76. The van der Waals surface area contributed by atoms with E-state index < -0.39 is 0 Å². The lowest BCUT2D eigenvalue weighted by Crippen LogP contribution is -2.33. The number of hydrogen-bond donors (Lipinski definition) is 0. The predicted octanol–water partition coefficient (Wildman–Crippen LogP) is 2.75. The predicted molar refractivity (Wildman–Crippen MR) is 70.8 cm³/mol. The first-order chi connectivity index (χ1) is 8.06. The molecule has 17 heavy (non-hydrogen) atoms. The molecule has 0 bridgehead atoms. The molecule has 1 aromatic rings. The van der Waals surface area contributed by atoms with Crippen LogP contribution in [0.15, 0.2) is 24.3 Å². The maximum atomic E-state index is 11.2. The highest BCUT2D eigenvalue weighted by molar-refractivity contribution is 5.94. The Balaban J connectivity index is 2.83. The molecule has 0 heterocycles. The van der Waals surface area contributed by atoms with E-state index in [1.807, 2.05) is 24.3 Å². The van der Waals surface area contributed by atoms with E-state index in [0.29, 0.717) is 12.6 Å². The van der Waals surface area contributed by atoms with Gasteiger partial charge in [-0.1, -0.05) is 0 Å². The van der Waals surface area contributed by atoms with Crippen molar-refractivity contribution in [2.24, 2.45) is 0 Å². The standard InChI is InChI=1S/C14H21NO2/c1-11(2)15(9-10-17-4)14-7-5-13(6-8-14)12(3)16/h5-8,11H,9-10H2,1-4H3. The number of anilines is 1. The van der Waals surface area contributed by atoms with Crippen LogP contribution < -0.4 is 4.90 Å². The number of hydrogen-bond acceptors (Lipinski definition) is 3. The third-order valence-corrected chi connectivity index (χ3v) is 2.77. The van der Waals surface area contributed by atoms with Gasteiger partial charge in [-0.15, -0.1) is 0 Å². The zero-order valence-electron chi connectivity index (χ0n) is 11.1. The molecular weight excluding hydrogens is 214 g/mol. The molecule has 0 atom stereocenters. The number of ketones is 1. The van der Waals surface area contributed by atoms with Gasteiger partial charge in [0.25, 0.3) is 0 Å². The quantitative estimate of drug-likeness (QED) is 0.710. The first-order valence-electron chi connectivity index (χ1n) is 5.93. The van der Waals surface area contributed by atoms with Crippen LogP contribution in [-0.2, 0) is 4.74 Å². The normalized spacial score (nSPS) is 10.6.